The van der Waals surface area contributed by atoms with E-state index < -0.39 is 17.5 Å². The molecule has 0 aromatic heterocycles. The highest BCUT2D eigenvalue weighted by molar-refractivity contribution is 5.99. The third kappa shape index (κ3) is 7.50. The first-order valence-electron chi connectivity index (χ1n) is 11.2. The van der Waals surface area contributed by atoms with E-state index in [0.717, 1.165) is 44.9 Å². The predicted octanol–water partition coefficient (Wildman–Crippen LogP) is 5.59. The van der Waals surface area contributed by atoms with Gasteiger partial charge in [0.05, 0.1) is 26.4 Å². The van der Waals surface area contributed by atoms with Crippen molar-refractivity contribution < 1.29 is 34.0 Å². The number of benzene rings is 1. The second-order valence-electron chi connectivity index (χ2n) is 7.16. The Hall–Kier alpha value is -2.31. The van der Waals surface area contributed by atoms with Crippen LogP contribution in [0.3, 0.4) is 0 Å². The maximum absolute atomic E-state index is 12.7. The summed E-state index contributed by atoms with van der Waals surface area (Å²) >= 11 is 0. The lowest BCUT2D eigenvalue weighted by Crippen LogP contribution is -2.13. The molecule has 0 spiro atoms. The molecule has 0 fully saturated rings. The number of esters is 1. The molecule has 30 heavy (non-hydrogen) atoms. The van der Waals surface area contributed by atoms with Crippen LogP contribution in [0.1, 0.15) is 89.4 Å². The number of unbranched alkanes of at least 4 members (excludes halogenated alkanes) is 4. The molecule has 1 aromatic carbocycles. The fourth-order valence-corrected chi connectivity index (χ4v) is 2.59. The fourth-order valence-electron chi connectivity index (χ4n) is 2.59. The average molecular weight is 427 g/mol. The summed E-state index contributed by atoms with van der Waals surface area (Å²) in [5.41, 5.74) is -0.228. The lowest BCUT2D eigenvalue weighted by Gasteiger charge is -2.21. The van der Waals surface area contributed by atoms with E-state index in [4.69, 9.17) is 18.9 Å². The van der Waals surface area contributed by atoms with Crippen molar-refractivity contribution in [2.24, 2.45) is 0 Å². The molecule has 0 aliphatic heterocycles. The molecular formula is C23H38O7. The topological polar surface area (TPSA) is 94.5 Å². The number of rotatable bonds is 16. The number of carbonyl (C=O) groups excluding carboxylic acids is 1. The van der Waals surface area contributed by atoms with Crippen molar-refractivity contribution in [3.8, 4) is 28.7 Å². The van der Waals surface area contributed by atoms with Gasteiger partial charge in [-0.1, -0.05) is 53.4 Å². The summed E-state index contributed by atoms with van der Waals surface area (Å²) in [6, 6.07) is 0. The molecule has 7 heteroatoms. The third-order valence-corrected chi connectivity index (χ3v) is 4.48. The van der Waals surface area contributed by atoms with Gasteiger partial charge in [-0.2, -0.15) is 0 Å². The monoisotopic (exact) mass is 426 g/mol. The van der Waals surface area contributed by atoms with Gasteiger partial charge in [-0.25, -0.2) is 4.79 Å². The van der Waals surface area contributed by atoms with Gasteiger partial charge in [0.25, 0.3) is 0 Å². The summed E-state index contributed by atoms with van der Waals surface area (Å²) in [4.78, 5) is 12.7. The molecule has 0 atom stereocenters. The molecule has 0 heterocycles. The van der Waals surface area contributed by atoms with Gasteiger partial charge in [0.1, 0.15) is 0 Å². The molecule has 0 radical (unpaired) electrons. The highest BCUT2D eigenvalue weighted by Gasteiger charge is 2.32. The van der Waals surface area contributed by atoms with Crippen LogP contribution in [0.4, 0.5) is 0 Å². The summed E-state index contributed by atoms with van der Waals surface area (Å²) in [5, 5.41) is 21.2. The molecule has 1 rings (SSSR count). The minimum absolute atomic E-state index is 0.00587. The molecule has 2 N–H and O–H groups in total. The number of hydrogen-bond acceptors (Lipinski definition) is 7. The summed E-state index contributed by atoms with van der Waals surface area (Å²) in [5.74, 6) is -1.73. The summed E-state index contributed by atoms with van der Waals surface area (Å²) in [6.45, 7) is 9.30. The first-order valence-corrected chi connectivity index (χ1v) is 11.2. The molecule has 0 saturated carbocycles. The average Bonchev–Trinajstić information content (AvgIpc) is 2.73. The zero-order valence-electron chi connectivity index (χ0n) is 18.9. The van der Waals surface area contributed by atoms with E-state index in [2.05, 4.69) is 0 Å². The molecule has 1 aromatic rings. The molecule has 0 aliphatic carbocycles. The first-order chi connectivity index (χ1) is 14.5. The van der Waals surface area contributed by atoms with Gasteiger partial charge >= 0.3 is 5.97 Å². The standard InChI is InChI=1S/C23H38O7/c1-5-9-13-27-20-17(23(26)30-16-12-8-4)18(24)19(25)21(28-14-10-6-2)22(20)29-15-11-7-3/h24-25H,5-16H2,1-4H3. The molecule has 0 unspecified atom stereocenters. The highest BCUT2D eigenvalue weighted by Crippen LogP contribution is 2.53. The fraction of sp³-hybridized carbons (Fsp3) is 0.696. The quantitative estimate of drug-likeness (QED) is 0.202. The van der Waals surface area contributed by atoms with Crippen molar-refractivity contribution >= 4 is 5.97 Å². The Morgan fingerprint density at radius 1 is 0.633 bits per heavy atom. The molecule has 0 bridgehead atoms. The normalized spacial score (nSPS) is 10.7. The summed E-state index contributed by atoms with van der Waals surface area (Å²) in [7, 11) is 0. The van der Waals surface area contributed by atoms with Gasteiger partial charge in [0, 0.05) is 0 Å². The number of ether oxygens (including phenoxy) is 4. The Labute approximate surface area is 180 Å². The maximum atomic E-state index is 12.7. The van der Waals surface area contributed by atoms with Gasteiger partial charge in [-0.3, -0.25) is 0 Å². The molecule has 0 amide bonds. The number of carbonyl (C=O) groups is 1. The predicted molar refractivity (Wildman–Crippen MR) is 116 cm³/mol. The van der Waals surface area contributed by atoms with Crippen molar-refractivity contribution in [2.75, 3.05) is 26.4 Å². The van der Waals surface area contributed by atoms with Crippen molar-refractivity contribution in [1.82, 2.24) is 0 Å². The molecule has 7 nitrogen and oxygen atoms in total. The van der Waals surface area contributed by atoms with Gasteiger partial charge in [0.15, 0.2) is 17.1 Å². The van der Waals surface area contributed by atoms with Gasteiger partial charge in [-0.05, 0) is 25.7 Å². The van der Waals surface area contributed by atoms with Gasteiger partial charge in [-0.15, -0.1) is 0 Å². The lowest BCUT2D eigenvalue weighted by molar-refractivity contribution is 0.0489. The number of phenolic OH excluding ortho intramolecular Hbond substituents is 2. The number of hydrogen-bond donors (Lipinski definition) is 2. The Bertz CT molecular complexity index is 643. The molecule has 172 valence electrons. The smallest absolute Gasteiger partial charge is 0.346 e. The molecule has 0 saturated heterocycles. The second-order valence-corrected chi connectivity index (χ2v) is 7.16. The molecule has 0 aliphatic rings. The Kier molecular flexibility index (Phi) is 12.6. The van der Waals surface area contributed by atoms with E-state index in [1.54, 1.807) is 0 Å². The SMILES string of the molecule is CCCCOC(=O)c1c(O)c(O)c(OCCCC)c(OCCCC)c1OCCCC. The van der Waals surface area contributed by atoms with Crippen molar-refractivity contribution in [3.63, 3.8) is 0 Å². The maximum Gasteiger partial charge on any atom is 0.346 e. The minimum Gasteiger partial charge on any atom is -0.503 e. The third-order valence-electron chi connectivity index (χ3n) is 4.48. The number of aromatic hydroxyl groups is 2. The Balaban J connectivity index is 3.45. The van der Waals surface area contributed by atoms with Crippen LogP contribution in [0.2, 0.25) is 0 Å². The van der Waals surface area contributed by atoms with Crippen LogP contribution < -0.4 is 14.2 Å². The van der Waals surface area contributed by atoms with E-state index >= 15 is 0 Å². The minimum atomic E-state index is -0.761. The zero-order valence-corrected chi connectivity index (χ0v) is 18.9. The van der Waals surface area contributed by atoms with Crippen LogP contribution in [0, 0.1) is 0 Å². The van der Waals surface area contributed by atoms with E-state index in [9.17, 15) is 15.0 Å². The second kappa shape index (κ2) is 14.6. The Morgan fingerprint density at radius 2 is 1.07 bits per heavy atom. The Morgan fingerprint density at radius 3 is 1.57 bits per heavy atom. The summed E-state index contributed by atoms with van der Waals surface area (Å²) in [6.07, 6.45) is 6.57. The first kappa shape index (κ1) is 25.7. The van der Waals surface area contributed by atoms with E-state index in [0.29, 0.717) is 26.2 Å². The van der Waals surface area contributed by atoms with Crippen LogP contribution >= 0.6 is 0 Å². The zero-order chi connectivity index (χ0) is 22.4. The summed E-state index contributed by atoms with van der Waals surface area (Å²) < 4.78 is 22.8. The lowest BCUT2D eigenvalue weighted by atomic mass is 10.1. The molecular weight excluding hydrogens is 388 g/mol. The van der Waals surface area contributed by atoms with Gasteiger partial charge in [0.2, 0.25) is 17.2 Å². The van der Waals surface area contributed by atoms with Crippen LogP contribution in [0.15, 0.2) is 0 Å². The number of phenols is 2. The van der Waals surface area contributed by atoms with Crippen LogP contribution in [-0.4, -0.2) is 42.6 Å². The van der Waals surface area contributed by atoms with E-state index in [1.807, 2.05) is 27.7 Å². The van der Waals surface area contributed by atoms with Crippen molar-refractivity contribution in [2.45, 2.75) is 79.1 Å². The highest BCUT2D eigenvalue weighted by atomic mass is 16.6. The van der Waals surface area contributed by atoms with Crippen molar-refractivity contribution in [3.05, 3.63) is 5.56 Å². The van der Waals surface area contributed by atoms with Crippen LogP contribution in [0.5, 0.6) is 28.7 Å². The van der Waals surface area contributed by atoms with E-state index in [-0.39, 0.29) is 29.4 Å². The van der Waals surface area contributed by atoms with Crippen LogP contribution in [-0.2, 0) is 4.74 Å². The van der Waals surface area contributed by atoms with Crippen LogP contribution in [0.25, 0.3) is 0 Å². The largest absolute Gasteiger partial charge is 0.503 e. The van der Waals surface area contributed by atoms with E-state index in [1.165, 1.54) is 0 Å². The van der Waals surface area contributed by atoms with Gasteiger partial charge < -0.3 is 29.2 Å². The van der Waals surface area contributed by atoms with Crippen molar-refractivity contribution in [1.29, 1.82) is 0 Å².